The third-order valence-electron chi connectivity index (χ3n) is 9.50. The summed E-state index contributed by atoms with van der Waals surface area (Å²) in [5.74, 6) is -1.90. The Morgan fingerprint density at radius 2 is 1.60 bits per heavy atom. The molecule has 2 atom stereocenters. The SMILES string of the molecule is C/C=C/C=C/c1cc2cc3c(c(O)c2c(=O)[nH]1)[C@@]1(C(O)=c2c(=O)c4c(=O)cc(OC)c(=O)c=4c(=O)c2=C1O)C(SCCN(CC)CC)C3. The summed E-state index contributed by atoms with van der Waals surface area (Å²) in [6.45, 7) is 8.13. The topological polar surface area (TPSA) is 174 Å². The molecule has 4 N–H and O–H groups in total. The fourth-order valence-corrected chi connectivity index (χ4v) is 8.74. The Balaban J connectivity index is 1.72. The quantitative estimate of drug-likeness (QED) is 0.188. The maximum Gasteiger partial charge on any atom is 0.260 e. The van der Waals surface area contributed by atoms with Gasteiger partial charge in [0.05, 0.1) is 33.4 Å². The van der Waals surface area contributed by atoms with Gasteiger partial charge in [0.25, 0.3) is 5.56 Å². The number of hydrogen-bond donors (Lipinski definition) is 4. The van der Waals surface area contributed by atoms with Gasteiger partial charge in [0, 0.05) is 34.9 Å². The molecule has 0 saturated heterocycles. The Labute approximate surface area is 276 Å². The highest BCUT2D eigenvalue weighted by atomic mass is 32.2. The predicted octanol–water partition coefficient (Wildman–Crippen LogP) is 1.16. The molecule has 0 bridgehead atoms. The smallest absolute Gasteiger partial charge is 0.260 e. The van der Waals surface area contributed by atoms with E-state index in [1.807, 2.05) is 26.8 Å². The van der Waals surface area contributed by atoms with Gasteiger partial charge in [-0.2, -0.15) is 11.8 Å². The minimum Gasteiger partial charge on any atom is -0.510 e. The molecule has 48 heavy (non-hydrogen) atoms. The number of aromatic amines is 1. The number of aromatic nitrogens is 1. The molecule has 0 amide bonds. The van der Waals surface area contributed by atoms with Crippen LogP contribution in [0.2, 0.25) is 0 Å². The molecule has 1 aromatic heterocycles. The Hall–Kier alpha value is -4.94. The molecule has 1 aromatic carbocycles. The Bertz CT molecular complexity index is 2540. The summed E-state index contributed by atoms with van der Waals surface area (Å²) in [4.78, 5) is 72.6. The van der Waals surface area contributed by atoms with Crippen molar-refractivity contribution in [2.75, 3.05) is 32.5 Å². The van der Waals surface area contributed by atoms with E-state index in [-0.39, 0.29) is 17.4 Å². The van der Waals surface area contributed by atoms with Gasteiger partial charge in [0.1, 0.15) is 22.7 Å². The number of aromatic hydroxyl groups is 1. The fraction of sp³-hybridized carbons (Fsp3) is 0.306. The number of allylic oxidation sites excluding steroid dienone is 3. The maximum atomic E-state index is 14.0. The highest BCUT2D eigenvalue weighted by Gasteiger charge is 2.59. The van der Waals surface area contributed by atoms with E-state index < -0.39 is 81.8 Å². The first-order valence-electron chi connectivity index (χ1n) is 15.6. The fourth-order valence-electron chi connectivity index (χ4n) is 7.21. The van der Waals surface area contributed by atoms with Crippen molar-refractivity contribution in [3.05, 3.63) is 125 Å². The number of benzene rings is 1. The largest absolute Gasteiger partial charge is 0.510 e. The molecule has 0 saturated carbocycles. The summed E-state index contributed by atoms with van der Waals surface area (Å²) in [6, 6.07) is 4.20. The molecule has 1 unspecified atom stereocenters. The number of nitrogens with zero attached hydrogens (tertiary/aromatic N) is 1. The van der Waals surface area contributed by atoms with Crippen molar-refractivity contribution in [3.8, 4) is 11.5 Å². The third kappa shape index (κ3) is 4.57. The van der Waals surface area contributed by atoms with E-state index in [1.54, 1.807) is 30.4 Å². The molecular formula is C36H34N2O9S. The van der Waals surface area contributed by atoms with Crippen molar-refractivity contribution in [2.45, 2.75) is 37.9 Å². The minimum atomic E-state index is -2.04. The number of ether oxygens (including phenoxy) is 1. The van der Waals surface area contributed by atoms with Crippen molar-refractivity contribution in [1.82, 2.24) is 9.88 Å². The Morgan fingerprint density at radius 3 is 2.23 bits per heavy atom. The molecule has 12 heteroatoms. The van der Waals surface area contributed by atoms with Gasteiger partial charge in [-0.3, -0.25) is 24.0 Å². The summed E-state index contributed by atoms with van der Waals surface area (Å²) in [7, 11) is 1.14. The first kappa shape index (κ1) is 33.0. The number of hydrogen-bond acceptors (Lipinski definition) is 11. The lowest BCUT2D eigenvalue weighted by Crippen LogP contribution is -2.51. The van der Waals surface area contributed by atoms with Crippen molar-refractivity contribution in [3.63, 3.8) is 0 Å². The first-order chi connectivity index (χ1) is 23.0. The van der Waals surface area contributed by atoms with Gasteiger partial charge in [-0.15, -0.1) is 0 Å². The van der Waals surface area contributed by atoms with Crippen LogP contribution in [0.5, 0.6) is 11.5 Å². The summed E-state index contributed by atoms with van der Waals surface area (Å²) in [6.07, 6.45) is 7.24. The number of H-pyrrole nitrogens is 1. The maximum absolute atomic E-state index is 14.0. The van der Waals surface area contributed by atoms with Crippen LogP contribution >= 0.6 is 11.8 Å². The number of aliphatic hydroxyl groups is 2. The van der Waals surface area contributed by atoms with Gasteiger partial charge in [0.2, 0.25) is 16.3 Å². The Morgan fingerprint density at radius 1 is 0.938 bits per heavy atom. The van der Waals surface area contributed by atoms with Crippen molar-refractivity contribution in [1.29, 1.82) is 0 Å². The van der Waals surface area contributed by atoms with E-state index in [0.29, 0.717) is 28.9 Å². The lowest BCUT2D eigenvalue weighted by atomic mass is 9.78. The number of phenols is 1. The number of fused-ring (bicyclic) bond motifs is 4. The molecule has 11 nitrogen and oxygen atoms in total. The van der Waals surface area contributed by atoms with Crippen LogP contribution in [-0.2, 0) is 11.8 Å². The van der Waals surface area contributed by atoms with Crippen LogP contribution < -0.4 is 42.4 Å². The van der Waals surface area contributed by atoms with Gasteiger partial charge in [-0.25, -0.2) is 0 Å². The number of methoxy groups -OCH3 is 1. The van der Waals surface area contributed by atoms with Crippen LogP contribution in [-0.4, -0.2) is 63.0 Å². The molecule has 248 valence electrons. The summed E-state index contributed by atoms with van der Waals surface area (Å²) < 4.78 is 4.98. The molecule has 0 radical (unpaired) electrons. The zero-order valence-electron chi connectivity index (χ0n) is 26.8. The standard InChI is InChI=1S/C36H34N2O9S/c1-5-8-9-10-19-14-17-13-18-15-22(48-12-11-38(6-2)7-3)36(28(18)32(43)23(17)35(46)37-19)33(44)26-27(34(36)45)31(42)25-24(30(26)41)20(39)16-21(47-4)29(25)40/h5,8-10,13-14,16,22,43-45H,6-7,11-12,15H2,1-4H3,(H,37,46)/b8-5+,10-9+/t22?,36-/m1/s1. The second-order valence-electron chi connectivity index (χ2n) is 11.8. The lowest BCUT2D eigenvalue weighted by Gasteiger charge is -2.33. The van der Waals surface area contributed by atoms with E-state index in [2.05, 4.69) is 9.88 Å². The van der Waals surface area contributed by atoms with Crippen LogP contribution in [0, 0.1) is 10.4 Å². The highest BCUT2D eigenvalue weighted by molar-refractivity contribution is 8.00. The number of pyridine rings is 1. The van der Waals surface area contributed by atoms with Crippen LogP contribution in [0.1, 0.15) is 37.6 Å². The average molecular weight is 671 g/mol. The minimum absolute atomic E-state index is 0.0191. The van der Waals surface area contributed by atoms with E-state index in [9.17, 15) is 39.3 Å². The summed E-state index contributed by atoms with van der Waals surface area (Å²) >= 11 is 1.37. The normalized spacial score (nSPS) is 18.8. The van der Waals surface area contributed by atoms with Gasteiger partial charge in [0.15, 0.2) is 11.2 Å². The molecule has 1 spiro atoms. The summed E-state index contributed by atoms with van der Waals surface area (Å²) in [5, 5.41) is 33.0. The second-order valence-corrected chi connectivity index (χ2v) is 13.1. The van der Waals surface area contributed by atoms with E-state index in [1.165, 1.54) is 11.8 Å². The lowest BCUT2D eigenvalue weighted by molar-refractivity contribution is 0.323. The molecule has 6 rings (SSSR count). The molecule has 1 heterocycles. The second kappa shape index (κ2) is 12.3. The summed E-state index contributed by atoms with van der Waals surface area (Å²) in [5.41, 5.74) is -5.87. The number of thioether (sulfide) groups is 1. The number of rotatable bonds is 9. The highest BCUT2D eigenvalue weighted by Crippen LogP contribution is 2.57. The number of aliphatic hydroxyl groups excluding tert-OH is 2. The molecule has 4 aliphatic carbocycles. The van der Waals surface area contributed by atoms with Crippen LogP contribution in [0.3, 0.4) is 0 Å². The van der Waals surface area contributed by atoms with Crippen LogP contribution in [0.4, 0.5) is 0 Å². The van der Waals surface area contributed by atoms with E-state index in [0.717, 1.165) is 26.3 Å². The van der Waals surface area contributed by atoms with E-state index >= 15 is 0 Å². The third-order valence-corrected chi connectivity index (χ3v) is 10.8. The molecular weight excluding hydrogens is 636 g/mol. The molecule has 4 aliphatic rings. The first-order valence-corrected chi connectivity index (χ1v) is 16.6. The van der Waals surface area contributed by atoms with Crippen molar-refractivity contribution >= 4 is 40.1 Å². The predicted molar refractivity (Wildman–Crippen MR) is 187 cm³/mol. The van der Waals surface area contributed by atoms with Gasteiger partial charge in [-0.05, 0) is 49.5 Å². The zero-order valence-corrected chi connectivity index (χ0v) is 27.6. The van der Waals surface area contributed by atoms with Crippen LogP contribution in [0.25, 0.3) is 28.4 Å². The Kier molecular flexibility index (Phi) is 8.42. The average Bonchev–Trinajstić information content (AvgIpc) is 3.50. The van der Waals surface area contributed by atoms with Gasteiger partial charge in [-0.1, -0.05) is 38.1 Å². The van der Waals surface area contributed by atoms with E-state index in [4.69, 9.17) is 4.74 Å². The number of nitrogens with one attached hydrogen (secondary N) is 1. The van der Waals surface area contributed by atoms with Gasteiger partial charge < -0.3 is 29.9 Å². The molecule has 2 aromatic rings. The van der Waals surface area contributed by atoms with Crippen molar-refractivity contribution in [2.24, 2.45) is 0 Å². The molecule has 0 fully saturated rings. The monoisotopic (exact) mass is 670 g/mol. The zero-order chi connectivity index (χ0) is 34.7. The van der Waals surface area contributed by atoms with Crippen molar-refractivity contribution < 1.29 is 20.1 Å². The molecule has 0 aliphatic heterocycles. The number of phenolic OH excluding ortho intramolecular Hbond substituents is 1. The van der Waals surface area contributed by atoms with Gasteiger partial charge >= 0.3 is 0 Å². The van der Waals surface area contributed by atoms with Crippen LogP contribution in [0.15, 0.2) is 60.4 Å².